The number of rotatable bonds is 3. The van der Waals surface area contributed by atoms with Gasteiger partial charge in [0.2, 0.25) is 0 Å². The molecule has 0 aliphatic carbocycles. The second-order valence-corrected chi connectivity index (χ2v) is 4.41. The highest BCUT2D eigenvalue weighted by molar-refractivity contribution is 5.82. The van der Waals surface area contributed by atoms with Crippen molar-refractivity contribution in [3.05, 3.63) is 0 Å². The molecule has 6 heteroatoms. The first-order valence-electron chi connectivity index (χ1n) is 5.97. The van der Waals surface area contributed by atoms with Gasteiger partial charge in [0.25, 0.3) is 0 Å². The van der Waals surface area contributed by atoms with Gasteiger partial charge in [0.15, 0.2) is 6.04 Å². The van der Waals surface area contributed by atoms with Crippen molar-refractivity contribution in [1.82, 2.24) is 10.2 Å². The van der Waals surface area contributed by atoms with E-state index in [4.69, 9.17) is 10.2 Å². The van der Waals surface area contributed by atoms with E-state index in [1.807, 2.05) is 6.92 Å². The maximum Gasteiger partial charge on any atom is 0.328 e. The minimum Gasteiger partial charge on any atom is -0.480 e. The number of amides is 2. The molecule has 17 heavy (non-hydrogen) atoms. The number of nitrogens with one attached hydrogen (secondary N) is 1. The van der Waals surface area contributed by atoms with E-state index in [2.05, 4.69) is 5.32 Å². The van der Waals surface area contributed by atoms with Gasteiger partial charge in [0.05, 0.1) is 6.61 Å². The summed E-state index contributed by atoms with van der Waals surface area (Å²) >= 11 is 0. The molecule has 3 N–H and O–H groups in total. The molecular weight excluding hydrogens is 224 g/mol. The maximum atomic E-state index is 11.9. The van der Waals surface area contributed by atoms with Gasteiger partial charge in [-0.25, -0.2) is 9.59 Å². The molecule has 0 aromatic carbocycles. The number of aliphatic carboxylic acids is 1. The Balaban J connectivity index is 2.58. The molecule has 0 spiro atoms. The van der Waals surface area contributed by atoms with Crippen molar-refractivity contribution in [1.29, 1.82) is 0 Å². The summed E-state index contributed by atoms with van der Waals surface area (Å²) < 4.78 is 0. The average molecular weight is 244 g/mol. The van der Waals surface area contributed by atoms with Crippen LogP contribution in [-0.4, -0.2) is 52.3 Å². The Hall–Kier alpha value is -1.30. The van der Waals surface area contributed by atoms with Crippen LogP contribution < -0.4 is 5.32 Å². The number of aliphatic hydroxyl groups excluding tert-OH is 1. The summed E-state index contributed by atoms with van der Waals surface area (Å²) in [4.78, 5) is 24.2. The molecule has 1 fully saturated rings. The second-order valence-electron chi connectivity index (χ2n) is 4.41. The molecule has 1 aliphatic heterocycles. The van der Waals surface area contributed by atoms with Crippen LogP contribution in [0.4, 0.5) is 4.79 Å². The topological polar surface area (TPSA) is 89.9 Å². The molecule has 0 bridgehead atoms. The number of carboxylic acids is 1. The first kappa shape index (κ1) is 13.8. The normalized spacial score (nSPS) is 22.7. The molecule has 1 heterocycles. The van der Waals surface area contributed by atoms with Crippen LogP contribution in [0.1, 0.15) is 32.6 Å². The minimum absolute atomic E-state index is 0.116. The molecule has 6 nitrogen and oxygen atoms in total. The minimum atomic E-state index is -1.22. The summed E-state index contributed by atoms with van der Waals surface area (Å²) in [6.45, 7) is 2.01. The van der Waals surface area contributed by atoms with Crippen LogP contribution >= 0.6 is 0 Å². The predicted octanol–water partition coefficient (Wildman–Crippen LogP) is 0.406. The van der Waals surface area contributed by atoms with Gasteiger partial charge in [0.1, 0.15) is 0 Å². The van der Waals surface area contributed by atoms with E-state index in [0.29, 0.717) is 6.54 Å². The van der Waals surface area contributed by atoms with Crippen LogP contribution in [0, 0.1) is 0 Å². The molecule has 1 saturated heterocycles. The lowest BCUT2D eigenvalue weighted by Crippen LogP contribution is -2.51. The lowest BCUT2D eigenvalue weighted by atomic mass is 10.1. The van der Waals surface area contributed by atoms with Crippen molar-refractivity contribution in [2.45, 2.75) is 44.7 Å². The van der Waals surface area contributed by atoms with Gasteiger partial charge < -0.3 is 20.4 Å². The fourth-order valence-electron chi connectivity index (χ4n) is 1.99. The third-order valence-corrected chi connectivity index (χ3v) is 3.09. The first-order valence-corrected chi connectivity index (χ1v) is 5.97. The van der Waals surface area contributed by atoms with Gasteiger partial charge >= 0.3 is 12.0 Å². The Labute approximate surface area is 101 Å². The number of urea groups is 1. The third-order valence-electron chi connectivity index (χ3n) is 3.09. The third kappa shape index (κ3) is 3.89. The van der Waals surface area contributed by atoms with Crippen LogP contribution in [0.3, 0.4) is 0 Å². The van der Waals surface area contributed by atoms with E-state index in [9.17, 15) is 9.59 Å². The molecule has 0 saturated carbocycles. The second kappa shape index (κ2) is 6.44. The maximum absolute atomic E-state index is 11.9. The van der Waals surface area contributed by atoms with Gasteiger partial charge in [-0.15, -0.1) is 0 Å². The van der Waals surface area contributed by atoms with Crippen LogP contribution in [0.2, 0.25) is 0 Å². The highest BCUT2D eigenvalue weighted by Crippen LogP contribution is 2.16. The monoisotopic (exact) mass is 244 g/mol. The van der Waals surface area contributed by atoms with Gasteiger partial charge in [-0.1, -0.05) is 12.8 Å². The molecular formula is C11H20N2O4. The number of hydrogen-bond acceptors (Lipinski definition) is 3. The number of carbonyl (C=O) groups is 2. The summed E-state index contributed by atoms with van der Waals surface area (Å²) in [5.41, 5.74) is 0. The van der Waals surface area contributed by atoms with Gasteiger partial charge in [-0.3, -0.25) is 0 Å². The van der Waals surface area contributed by atoms with Crippen molar-refractivity contribution in [2.24, 2.45) is 0 Å². The number of carbonyl (C=O) groups excluding carboxylic acids is 1. The van der Waals surface area contributed by atoms with Crippen molar-refractivity contribution in [2.75, 3.05) is 13.2 Å². The molecule has 2 unspecified atom stereocenters. The summed E-state index contributed by atoms with van der Waals surface area (Å²) in [5, 5.41) is 19.9. The van der Waals surface area contributed by atoms with Crippen molar-refractivity contribution in [3.63, 3.8) is 0 Å². The van der Waals surface area contributed by atoms with Gasteiger partial charge in [0, 0.05) is 12.6 Å². The molecule has 98 valence electrons. The largest absolute Gasteiger partial charge is 0.480 e. The number of carboxylic acid groups (broad SMARTS) is 1. The zero-order chi connectivity index (χ0) is 12.8. The van der Waals surface area contributed by atoms with Crippen molar-refractivity contribution in [3.8, 4) is 0 Å². The molecule has 0 aromatic heterocycles. The van der Waals surface area contributed by atoms with E-state index >= 15 is 0 Å². The van der Waals surface area contributed by atoms with Gasteiger partial charge in [-0.2, -0.15) is 0 Å². The standard InChI is InChI=1S/C11H20N2O4/c1-8-5-3-2-4-6-13(8)11(17)12-9(7-14)10(15)16/h8-9,14H,2-7H2,1H3,(H,12,17)(H,15,16). The van der Waals surface area contributed by atoms with E-state index in [1.54, 1.807) is 4.90 Å². The van der Waals surface area contributed by atoms with Crippen LogP contribution in [-0.2, 0) is 4.79 Å². The van der Waals surface area contributed by atoms with Crippen LogP contribution in [0.25, 0.3) is 0 Å². The first-order chi connectivity index (χ1) is 8.06. The van der Waals surface area contributed by atoms with Crippen molar-refractivity contribution < 1.29 is 19.8 Å². The Kier molecular flexibility index (Phi) is 5.21. The number of likely N-dealkylation sites (tertiary alicyclic amines) is 1. The zero-order valence-electron chi connectivity index (χ0n) is 10.1. The smallest absolute Gasteiger partial charge is 0.328 e. The number of aliphatic hydroxyl groups is 1. The van der Waals surface area contributed by atoms with E-state index < -0.39 is 24.6 Å². The Morgan fingerprint density at radius 1 is 1.41 bits per heavy atom. The molecule has 0 aromatic rings. The summed E-state index contributed by atoms with van der Waals surface area (Å²) in [5.74, 6) is -1.22. The van der Waals surface area contributed by atoms with Crippen LogP contribution in [0.15, 0.2) is 0 Å². The Morgan fingerprint density at radius 3 is 2.71 bits per heavy atom. The van der Waals surface area contributed by atoms with Crippen LogP contribution in [0.5, 0.6) is 0 Å². The highest BCUT2D eigenvalue weighted by atomic mass is 16.4. The van der Waals surface area contributed by atoms with Gasteiger partial charge in [-0.05, 0) is 19.8 Å². The zero-order valence-corrected chi connectivity index (χ0v) is 10.1. The number of nitrogens with zero attached hydrogens (tertiary/aromatic N) is 1. The molecule has 1 rings (SSSR count). The van der Waals surface area contributed by atoms with E-state index in [0.717, 1.165) is 25.7 Å². The van der Waals surface area contributed by atoms with Crippen molar-refractivity contribution >= 4 is 12.0 Å². The lowest BCUT2D eigenvalue weighted by Gasteiger charge is -2.28. The Morgan fingerprint density at radius 2 is 2.12 bits per heavy atom. The fourth-order valence-corrected chi connectivity index (χ4v) is 1.99. The summed E-state index contributed by atoms with van der Waals surface area (Å²) in [6, 6.07) is -1.51. The molecule has 2 amide bonds. The summed E-state index contributed by atoms with van der Waals surface area (Å²) in [7, 11) is 0. The molecule has 1 aliphatic rings. The fraction of sp³-hybridized carbons (Fsp3) is 0.818. The van der Waals surface area contributed by atoms with E-state index in [1.165, 1.54) is 0 Å². The predicted molar refractivity (Wildman–Crippen MR) is 61.7 cm³/mol. The quantitative estimate of drug-likeness (QED) is 0.670. The lowest BCUT2D eigenvalue weighted by molar-refractivity contribution is -0.140. The Bertz CT molecular complexity index is 283. The highest BCUT2D eigenvalue weighted by Gasteiger charge is 2.26. The molecule has 0 radical (unpaired) electrons. The molecule has 2 atom stereocenters. The number of hydrogen-bond donors (Lipinski definition) is 3. The average Bonchev–Trinajstić information content (AvgIpc) is 2.50. The summed E-state index contributed by atoms with van der Waals surface area (Å²) in [6.07, 6.45) is 4.06. The SMILES string of the molecule is CC1CCCCCN1C(=O)NC(CO)C(=O)O. The van der Waals surface area contributed by atoms with E-state index in [-0.39, 0.29) is 6.04 Å².